The number of rotatable bonds is 8. The second kappa shape index (κ2) is 11.5. The molecule has 1 fully saturated rings. The maximum Gasteiger partial charge on any atom is 0.272 e. The van der Waals surface area contributed by atoms with Crippen LogP contribution in [-0.4, -0.2) is 71.8 Å². The average molecular weight is 568 g/mol. The Kier molecular flexibility index (Phi) is 7.48. The van der Waals surface area contributed by atoms with E-state index in [-0.39, 0.29) is 29.3 Å². The Hall–Kier alpha value is -4.91. The molecule has 4 aromatic rings. The average Bonchev–Trinajstić information content (AvgIpc) is 3.70. The molecule has 1 saturated heterocycles. The number of fused-ring (bicyclic) bond motifs is 3. The molecule has 0 spiro atoms. The van der Waals surface area contributed by atoms with Crippen LogP contribution in [0, 0.1) is 0 Å². The SMILES string of the molecule is C=C(N=CNN)C(=O)N1CCC(c2nc3c(-c4ccc(-c5ccn[nH]5)nc4)cnn3c3c2C(=O)CCN3)CC1CCC. The predicted molar refractivity (Wildman–Crippen MR) is 159 cm³/mol. The van der Waals surface area contributed by atoms with E-state index in [9.17, 15) is 9.59 Å². The van der Waals surface area contributed by atoms with Crippen molar-refractivity contribution in [3.05, 3.63) is 60.3 Å². The number of H-pyrrole nitrogens is 1. The van der Waals surface area contributed by atoms with Gasteiger partial charge in [0.15, 0.2) is 11.4 Å². The highest BCUT2D eigenvalue weighted by atomic mass is 16.2. The summed E-state index contributed by atoms with van der Waals surface area (Å²) in [6, 6.07) is 5.74. The molecule has 6 rings (SSSR count). The third-order valence-electron chi connectivity index (χ3n) is 7.98. The van der Waals surface area contributed by atoms with Gasteiger partial charge in [0, 0.05) is 55.0 Å². The quantitative estimate of drug-likeness (QED) is 0.0821. The fourth-order valence-corrected chi connectivity index (χ4v) is 5.99. The van der Waals surface area contributed by atoms with E-state index in [0.29, 0.717) is 49.4 Å². The maximum atomic E-state index is 13.3. The number of hydrazine groups is 1. The number of aromatic nitrogens is 6. The summed E-state index contributed by atoms with van der Waals surface area (Å²) in [7, 11) is 0. The smallest absolute Gasteiger partial charge is 0.272 e. The molecule has 13 heteroatoms. The summed E-state index contributed by atoms with van der Waals surface area (Å²) >= 11 is 0. The van der Waals surface area contributed by atoms with Crippen LogP contribution in [0.2, 0.25) is 0 Å². The van der Waals surface area contributed by atoms with Crippen LogP contribution in [0.3, 0.4) is 0 Å². The fourth-order valence-electron chi connectivity index (χ4n) is 5.99. The molecule has 6 heterocycles. The van der Waals surface area contributed by atoms with Crippen LogP contribution in [0.25, 0.3) is 28.2 Å². The second-order valence-corrected chi connectivity index (χ2v) is 10.6. The number of Topliss-reactive ketones (excluding diaryl/α,β-unsaturated/α-hetero) is 1. The van der Waals surface area contributed by atoms with Crippen LogP contribution in [0.1, 0.15) is 61.0 Å². The zero-order valence-corrected chi connectivity index (χ0v) is 23.4. The Morgan fingerprint density at radius 1 is 1.31 bits per heavy atom. The van der Waals surface area contributed by atoms with E-state index in [0.717, 1.165) is 41.1 Å². The van der Waals surface area contributed by atoms with Gasteiger partial charge in [0.2, 0.25) is 0 Å². The molecule has 0 radical (unpaired) electrons. The number of aromatic amines is 1. The summed E-state index contributed by atoms with van der Waals surface area (Å²) in [4.78, 5) is 42.2. The molecule has 2 unspecified atom stereocenters. The highest BCUT2D eigenvalue weighted by Gasteiger charge is 2.37. The molecule has 13 nitrogen and oxygen atoms in total. The van der Waals surface area contributed by atoms with Crippen LogP contribution < -0.4 is 16.6 Å². The highest BCUT2D eigenvalue weighted by molar-refractivity contribution is 6.04. The fraction of sp³-hybridized carbons (Fsp3) is 0.345. The summed E-state index contributed by atoms with van der Waals surface area (Å²) in [5.74, 6) is 5.76. The number of aliphatic imine (C=N–C) groups is 1. The Morgan fingerprint density at radius 3 is 2.93 bits per heavy atom. The molecule has 2 aliphatic rings. The lowest BCUT2D eigenvalue weighted by Gasteiger charge is -2.40. The van der Waals surface area contributed by atoms with Gasteiger partial charge in [0.1, 0.15) is 17.9 Å². The zero-order valence-electron chi connectivity index (χ0n) is 23.4. The summed E-state index contributed by atoms with van der Waals surface area (Å²) in [5, 5.41) is 15.0. The number of anilines is 1. The van der Waals surface area contributed by atoms with Crippen molar-refractivity contribution in [1.29, 1.82) is 0 Å². The molecule has 2 atom stereocenters. The monoisotopic (exact) mass is 567 g/mol. The number of piperidine rings is 1. The highest BCUT2D eigenvalue weighted by Crippen LogP contribution is 2.39. The molecule has 5 N–H and O–H groups in total. The van der Waals surface area contributed by atoms with Crippen LogP contribution in [0.4, 0.5) is 5.82 Å². The Bertz CT molecular complexity index is 1660. The topological polar surface area (TPSA) is 172 Å². The molecule has 216 valence electrons. The van der Waals surface area contributed by atoms with Crippen molar-refractivity contribution in [2.75, 3.05) is 18.4 Å². The van der Waals surface area contributed by atoms with Gasteiger partial charge in [-0.05, 0) is 31.4 Å². The van der Waals surface area contributed by atoms with Gasteiger partial charge in [-0.2, -0.15) is 14.7 Å². The molecule has 4 aromatic heterocycles. The van der Waals surface area contributed by atoms with Gasteiger partial charge in [-0.15, -0.1) is 0 Å². The molecule has 2 aliphatic heterocycles. The van der Waals surface area contributed by atoms with Gasteiger partial charge in [-0.1, -0.05) is 26.0 Å². The number of likely N-dealkylation sites (tertiary alicyclic amines) is 1. The van der Waals surface area contributed by atoms with Crippen molar-refractivity contribution in [3.8, 4) is 22.5 Å². The number of nitrogens with two attached hydrogens (primary N) is 1. The van der Waals surface area contributed by atoms with Crippen LogP contribution >= 0.6 is 0 Å². The largest absolute Gasteiger partial charge is 0.369 e. The van der Waals surface area contributed by atoms with Crippen molar-refractivity contribution < 1.29 is 9.59 Å². The standard InChI is InChI=1S/C29H33N11O2/c1-3-4-20-13-18(9-12-39(20)29(42)17(2)33-16-34-30)26-25-24(41)8-10-31-28(25)40-27(37-26)21(15-36-40)19-5-6-22(32-14-19)23-7-11-35-38-23/h5-7,11,14-16,18,20,31H,2-4,8-10,12-13,30H2,1H3,(H,33,34)(H,35,38). The van der Waals surface area contributed by atoms with Gasteiger partial charge in [0.05, 0.1) is 28.8 Å². The predicted octanol–water partition coefficient (Wildman–Crippen LogP) is 3.06. The number of hydrogen-bond donors (Lipinski definition) is 4. The maximum absolute atomic E-state index is 13.3. The third-order valence-corrected chi connectivity index (χ3v) is 7.98. The number of hydrogen-bond acceptors (Lipinski definition) is 9. The van der Waals surface area contributed by atoms with E-state index in [4.69, 9.17) is 10.8 Å². The minimum absolute atomic E-state index is 0.0145. The Balaban J connectivity index is 1.38. The van der Waals surface area contributed by atoms with Crippen LogP contribution in [0.15, 0.2) is 54.1 Å². The molecular weight excluding hydrogens is 534 g/mol. The van der Waals surface area contributed by atoms with Crippen molar-refractivity contribution in [2.45, 2.75) is 51.0 Å². The van der Waals surface area contributed by atoms with Gasteiger partial charge in [-0.3, -0.25) is 19.7 Å². The number of nitrogens with zero attached hydrogens (tertiary/aromatic N) is 7. The number of pyridine rings is 1. The van der Waals surface area contributed by atoms with Crippen LogP contribution in [0.5, 0.6) is 0 Å². The van der Waals surface area contributed by atoms with Crippen molar-refractivity contribution >= 4 is 29.5 Å². The molecule has 42 heavy (non-hydrogen) atoms. The molecule has 0 bridgehead atoms. The van der Waals surface area contributed by atoms with Gasteiger partial charge in [-0.25, -0.2) is 15.8 Å². The summed E-state index contributed by atoms with van der Waals surface area (Å²) in [6.07, 6.45) is 9.95. The first kappa shape index (κ1) is 27.3. The lowest BCUT2D eigenvalue weighted by molar-refractivity contribution is -0.131. The first-order valence-electron chi connectivity index (χ1n) is 14.1. The number of nitrogens with one attached hydrogen (secondary N) is 3. The summed E-state index contributed by atoms with van der Waals surface area (Å²) < 4.78 is 1.73. The molecule has 0 saturated carbocycles. The van der Waals surface area contributed by atoms with Gasteiger partial charge >= 0.3 is 0 Å². The van der Waals surface area contributed by atoms with E-state index < -0.39 is 0 Å². The number of amides is 1. The second-order valence-electron chi connectivity index (χ2n) is 10.6. The van der Waals surface area contributed by atoms with Crippen LogP contribution in [-0.2, 0) is 4.79 Å². The summed E-state index contributed by atoms with van der Waals surface area (Å²) in [5.41, 5.74) is 7.74. The van der Waals surface area contributed by atoms with E-state index in [1.165, 1.54) is 6.34 Å². The normalized spacial score (nSPS) is 18.7. The van der Waals surface area contributed by atoms with E-state index in [1.54, 1.807) is 23.1 Å². The third kappa shape index (κ3) is 4.91. The van der Waals surface area contributed by atoms with Crippen molar-refractivity contribution in [2.24, 2.45) is 10.8 Å². The summed E-state index contributed by atoms with van der Waals surface area (Å²) in [6.45, 7) is 6.96. The Morgan fingerprint density at radius 2 is 2.19 bits per heavy atom. The Labute approximate surface area is 242 Å². The lowest BCUT2D eigenvalue weighted by Crippen LogP contribution is -2.46. The molecular formula is C29H33N11O2. The van der Waals surface area contributed by atoms with E-state index in [1.807, 2.05) is 23.1 Å². The first-order valence-corrected chi connectivity index (χ1v) is 14.1. The zero-order chi connectivity index (χ0) is 29.2. The minimum atomic E-state index is -0.217. The number of ketones is 1. The molecule has 1 amide bonds. The molecule has 0 aromatic carbocycles. The lowest BCUT2D eigenvalue weighted by atomic mass is 9.83. The van der Waals surface area contributed by atoms with E-state index in [2.05, 4.69) is 49.5 Å². The van der Waals surface area contributed by atoms with Crippen molar-refractivity contribution in [1.82, 2.24) is 40.1 Å². The van der Waals surface area contributed by atoms with Gasteiger partial charge in [0.25, 0.3) is 5.91 Å². The molecule has 0 aliphatic carbocycles. The van der Waals surface area contributed by atoms with E-state index >= 15 is 0 Å². The number of carbonyl (C=O) groups excluding carboxylic acids is 2. The first-order chi connectivity index (χ1) is 20.5. The van der Waals surface area contributed by atoms with Crippen molar-refractivity contribution in [3.63, 3.8) is 0 Å². The number of carbonyl (C=O) groups is 2. The minimum Gasteiger partial charge on any atom is -0.369 e. The van der Waals surface area contributed by atoms with Gasteiger partial charge < -0.3 is 15.6 Å².